The molecule has 0 aromatic carbocycles. The summed E-state index contributed by atoms with van der Waals surface area (Å²) in [6, 6.07) is 2.04. The number of aliphatic hydroxyl groups is 1. The lowest BCUT2D eigenvalue weighted by Crippen LogP contribution is -2.25. The molecule has 2 rings (SSSR count). The van der Waals surface area contributed by atoms with Crippen molar-refractivity contribution in [3.63, 3.8) is 0 Å². The maximum absolute atomic E-state index is 9.49. The molecule has 0 amide bonds. The summed E-state index contributed by atoms with van der Waals surface area (Å²) in [5.41, 5.74) is 3.33. The molecule has 1 aromatic rings. The molecule has 0 saturated heterocycles. The highest BCUT2D eigenvalue weighted by Gasteiger charge is 2.15. The molecule has 0 saturated carbocycles. The van der Waals surface area contributed by atoms with Gasteiger partial charge >= 0.3 is 0 Å². The smallest absolute Gasteiger partial charge is 0.0935 e. The Morgan fingerprint density at radius 2 is 2.46 bits per heavy atom. The quantitative estimate of drug-likeness (QED) is 0.668. The van der Waals surface area contributed by atoms with Crippen molar-refractivity contribution in [1.29, 1.82) is 0 Å². The third kappa shape index (κ3) is 1.57. The van der Waals surface area contributed by atoms with Gasteiger partial charge in [0.2, 0.25) is 0 Å². The van der Waals surface area contributed by atoms with Crippen molar-refractivity contribution in [3.05, 3.63) is 29.1 Å². The zero-order valence-corrected chi connectivity index (χ0v) is 7.75. The normalized spacial score (nSPS) is 18.0. The SMILES string of the molecule is CC(O)c1nccc2c1CNCC2. The van der Waals surface area contributed by atoms with Gasteiger partial charge in [-0.3, -0.25) is 4.98 Å². The van der Waals surface area contributed by atoms with Crippen LogP contribution in [0.5, 0.6) is 0 Å². The Balaban J connectivity index is 2.46. The molecule has 13 heavy (non-hydrogen) atoms. The van der Waals surface area contributed by atoms with Crippen LogP contribution in [0.3, 0.4) is 0 Å². The Morgan fingerprint density at radius 1 is 1.62 bits per heavy atom. The highest BCUT2D eigenvalue weighted by Crippen LogP contribution is 2.21. The van der Waals surface area contributed by atoms with Gasteiger partial charge in [0, 0.05) is 12.7 Å². The van der Waals surface area contributed by atoms with E-state index in [9.17, 15) is 5.11 Å². The van der Waals surface area contributed by atoms with Gasteiger partial charge in [-0.2, -0.15) is 0 Å². The predicted molar refractivity (Wildman–Crippen MR) is 50.3 cm³/mol. The topological polar surface area (TPSA) is 45.2 Å². The second-order valence-corrected chi connectivity index (χ2v) is 3.44. The van der Waals surface area contributed by atoms with Crippen molar-refractivity contribution < 1.29 is 5.11 Å². The summed E-state index contributed by atoms with van der Waals surface area (Å²) in [7, 11) is 0. The molecule has 2 heterocycles. The van der Waals surface area contributed by atoms with Gasteiger partial charge in [0.1, 0.15) is 0 Å². The van der Waals surface area contributed by atoms with E-state index in [0.717, 1.165) is 25.2 Å². The Bertz CT molecular complexity index is 310. The zero-order chi connectivity index (χ0) is 9.26. The Kier molecular flexibility index (Phi) is 2.29. The first-order valence-corrected chi connectivity index (χ1v) is 4.64. The summed E-state index contributed by atoms with van der Waals surface area (Å²) in [5, 5.41) is 12.8. The number of pyridine rings is 1. The third-order valence-electron chi connectivity index (χ3n) is 2.45. The summed E-state index contributed by atoms with van der Waals surface area (Å²) in [4.78, 5) is 4.20. The van der Waals surface area contributed by atoms with Crippen molar-refractivity contribution in [2.45, 2.75) is 26.0 Å². The van der Waals surface area contributed by atoms with E-state index < -0.39 is 6.10 Å². The molecule has 0 fully saturated rings. The Morgan fingerprint density at radius 3 is 3.23 bits per heavy atom. The van der Waals surface area contributed by atoms with Gasteiger partial charge in [-0.25, -0.2) is 0 Å². The highest BCUT2D eigenvalue weighted by atomic mass is 16.3. The van der Waals surface area contributed by atoms with Gasteiger partial charge in [0.25, 0.3) is 0 Å². The fraction of sp³-hybridized carbons (Fsp3) is 0.500. The lowest BCUT2D eigenvalue weighted by Gasteiger charge is -2.20. The largest absolute Gasteiger partial charge is 0.387 e. The molecule has 1 atom stereocenters. The number of hydrogen-bond donors (Lipinski definition) is 2. The van der Waals surface area contributed by atoms with Gasteiger partial charge in [-0.1, -0.05) is 0 Å². The van der Waals surface area contributed by atoms with E-state index in [1.54, 1.807) is 13.1 Å². The maximum atomic E-state index is 9.49. The number of aromatic nitrogens is 1. The van der Waals surface area contributed by atoms with Crippen molar-refractivity contribution in [2.75, 3.05) is 6.54 Å². The van der Waals surface area contributed by atoms with E-state index in [-0.39, 0.29) is 0 Å². The first kappa shape index (κ1) is 8.66. The van der Waals surface area contributed by atoms with E-state index >= 15 is 0 Å². The highest BCUT2D eigenvalue weighted by molar-refractivity contribution is 5.32. The van der Waals surface area contributed by atoms with E-state index in [2.05, 4.69) is 10.3 Å². The van der Waals surface area contributed by atoms with Crippen molar-refractivity contribution in [1.82, 2.24) is 10.3 Å². The molecule has 1 unspecified atom stereocenters. The molecular weight excluding hydrogens is 164 g/mol. The van der Waals surface area contributed by atoms with Crippen LogP contribution in [0.4, 0.5) is 0 Å². The van der Waals surface area contributed by atoms with E-state index in [1.165, 1.54) is 11.1 Å². The van der Waals surface area contributed by atoms with Crippen LogP contribution in [0.2, 0.25) is 0 Å². The lowest BCUT2D eigenvalue weighted by molar-refractivity contribution is 0.192. The molecule has 0 aliphatic carbocycles. The Hall–Kier alpha value is -0.930. The zero-order valence-electron chi connectivity index (χ0n) is 7.75. The van der Waals surface area contributed by atoms with Crippen LogP contribution in [0.15, 0.2) is 12.3 Å². The number of hydrogen-bond acceptors (Lipinski definition) is 3. The molecule has 0 bridgehead atoms. The number of rotatable bonds is 1. The van der Waals surface area contributed by atoms with Crippen LogP contribution in [0.25, 0.3) is 0 Å². The summed E-state index contributed by atoms with van der Waals surface area (Å²) in [6.45, 7) is 3.62. The predicted octanol–water partition coefficient (Wildman–Crippen LogP) is 0.781. The summed E-state index contributed by atoms with van der Waals surface area (Å²) in [6.07, 6.45) is 2.36. The minimum absolute atomic E-state index is 0.463. The standard InChI is InChI=1S/C10H14N2O/c1-7(13)10-9-6-11-4-2-8(9)3-5-12-10/h3,5,7,11,13H,2,4,6H2,1H3. The number of fused-ring (bicyclic) bond motifs is 1. The molecule has 0 spiro atoms. The number of nitrogens with zero attached hydrogens (tertiary/aromatic N) is 1. The summed E-state index contributed by atoms with van der Waals surface area (Å²) < 4.78 is 0. The first-order valence-electron chi connectivity index (χ1n) is 4.64. The van der Waals surface area contributed by atoms with Gasteiger partial charge in [-0.05, 0) is 37.1 Å². The van der Waals surface area contributed by atoms with Gasteiger partial charge in [0.05, 0.1) is 11.8 Å². The number of nitrogens with one attached hydrogen (secondary N) is 1. The maximum Gasteiger partial charge on any atom is 0.0935 e. The van der Waals surface area contributed by atoms with Crippen LogP contribution >= 0.6 is 0 Å². The van der Waals surface area contributed by atoms with Gasteiger partial charge in [0.15, 0.2) is 0 Å². The van der Waals surface area contributed by atoms with E-state index in [4.69, 9.17) is 0 Å². The van der Waals surface area contributed by atoms with Crippen LogP contribution in [-0.4, -0.2) is 16.6 Å². The monoisotopic (exact) mass is 178 g/mol. The fourth-order valence-electron chi connectivity index (χ4n) is 1.79. The Labute approximate surface area is 77.8 Å². The van der Waals surface area contributed by atoms with Crippen molar-refractivity contribution in [2.24, 2.45) is 0 Å². The summed E-state index contributed by atoms with van der Waals surface area (Å²) >= 11 is 0. The molecule has 1 aliphatic heterocycles. The van der Waals surface area contributed by atoms with Gasteiger partial charge < -0.3 is 10.4 Å². The van der Waals surface area contributed by atoms with Crippen molar-refractivity contribution in [3.8, 4) is 0 Å². The van der Waals surface area contributed by atoms with Crippen LogP contribution in [0.1, 0.15) is 29.8 Å². The number of aliphatic hydroxyl groups excluding tert-OH is 1. The molecule has 1 aliphatic rings. The first-order chi connectivity index (χ1) is 6.29. The van der Waals surface area contributed by atoms with Crippen LogP contribution < -0.4 is 5.32 Å². The average Bonchev–Trinajstić information content (AvgIpc) is 2.17. The molecule has 3 nitrogen and oxygen atoms in total. The minimum atomic E-state index is -0.463. The lowest BCUT2D eigenvalue weighted by atomic mass is 9.98. The average molecular weight is 178 g/mol. The molecule has 3 heteroatoms. The van der Waals surface area contributed by atoms with E-state index in [0.29, 0.717) is 0 Å². The second kappa shape index (κ2) is 3.44. The molecule has 1 aromatic heterocycles. The second-order valence-electron chi connectivity index (χ2n) is 3.44. The molecule has 0 radical (unpaired) electrons. The molecular formula is C10H14N2O. The molecule has 70 valence electrons. The van der Waals surface area contributed by atoms with E-state index in [1.807, 2.05) is 6.07 Å². The van der Waals surface area contributed by atoms with Crippen molar-refractivity contribution >= 4 is 0 Å². The van der Waals surface area contributed by atoms with Gasteiger partial charge in [-0.15, -0.1) is 0 Å². The minimum Gasteiger partial charge on any atom is -0.387 e. The van der Waals surface area contributed by atoms with Crippen LogP contribution in [-0.2, 0) is 13.0 Å². The fourth-order valence-corrected chi connectivity index (χ4v) is 1.79. The molecule has 2 N–H and O–H groups in total. The summed E-state index contributed by atoms with van der Waals surface area (Å²) in [5.74, 6) is 0. The third-order valence-corrected chi connectivity index (χ3v) is 2.45. The van der Waals surface area contributed by atoms with Crippen LogP contribution in [0, 0.1) is 0 Å².